The molecule has 2 aromatic heterocycles. The number of fused-ring (bicyclic) bond motifs is 1. The molecule has 112 valence electrons. The van der Waals surface area contributed by atoms with E-state index in [1.165, 1.54) is 0 Å². The second-order valence-electron chi connectivity index (χ2n) is 4.94. The number of rotatable bonds is 3. The van der Waals surface area contributed by atoms with Crippen LogP contribution in [0.25, 0.3) is 10.9 Å². The number of nitrogens with one attached hydrogen (secondary N) is 1. The fourth-order valence-electron chi connectivity index (χ4n) is 2.42. The maximum atomic E-state index is 12.6. The first-order valence-corrected chi connectivity index (χ1v) is 7.78. The molecule has 0 spiro atoms. The van der Waals surface area contributed by atoms with Crippen molar-refractivity contribution in [3.8, 4) is 0 Å². The third-order valence-corrected chi connectivity index (χ3v) is 3.98. The lowest BCUT2D eigenvalue weighted by Crippen LogP contribution is -2.18. The molecule has 0 bridgehead atoms. The number of carbonyl (C=O) groups excluding carboxylic acids is 1. The molecule has 0 saturated carbocycles. The Morgan fingerprint density at radius 1 is 1.36 bits per heavy atom. The van der Waals surface area contributed by atoms with Crippen LogP contribution in [0.1, 0.15) is 23.1 Å². The summed E-state index contributed by atoms with van der Waals surface area (Å²) >= 11 is 3.38. The van der Waals surface area contributed by atoms with Gasteiger partial charge in [-0.05, 0) is 41.9 Å². The third-order valence-electron chi connectivity index (χ3n) is 3.40. The first-order valence-electron chi connectivity index (χ1n) is 6.99. The number of hydrogen-bond acceptors (Lipinski definition) is 3. The molecule has 1 amide bonds. The second kappa shape index (κ2) is 5.88. The molecule has 3 aromatic rings. The van der Waals surface area contributed by atoms with Crippen molar-refractivity contribution in [3.63, 3.8) is 0 Å². The monoisotopic (exact) mass is 358 g/mol. The minimum atomic E-state index is -0.193. The lowest BCUT2D eigenvalue weighted by Gasteiger charge is -2.11. The van der Waals surface area contributed by atoms with E-state index in [4.69, 9.17) is 0 Å². The van der Waals surface area contributed by atoms with Crippen LogP contribution in [0.4, 0.5) is 5.69 Å². The van der Waals surface area contributed by atoms with Crippen LogP contribution >= 0.6 is 15.9 Å². The minimum Gasteiger partial charge on any atom is -0.320 e. The molecule has 0 aliphatic rings. The topological polar surface area (TPSA) is 59.8 Å². The Hall–Kier alpha value is -2.21. The Morgan fingerprint density at radius 2 is 2.14 bits per heavy atom. The number of carbonyl (C=O) groups is 1. The van der Waals surface area contributed by atoms with E-state index in [9.17, 15) is 4.79 Å². The molecule has 6 heteroatoms. The van der Waals surface area contributed by atoms with Gasteiger partial charge in [0.1, 0.15) is 5.69 Å². The lowest BCUT2D eigenvalue weighted by molar-refractivity contribution is 0.101. The van der Waals surface area contributed by atoms with Crippen LogP contribution in [0.5, 0.6) is 0 Å². The molecule has 0 aliphatic carbocycles. The number of aromatic nitrogens is 3. The van der Waals surface area contributed by atoms with Gasteiger partial charge in [0.05, 0.1) is 21.9 Å². The Kier molecular flexibility index (Phi) is 3.94. The first-order chi connectivity index (χ1) is 10.6. The highest BCUT2D eigenvalue weighted by atomic mass is 79.9. The molecule has 0 fully saturated rings. The van der Waals surface area contributed by atoms with Crippen molar-refractivity contribution in [2.75, 3.05) is 5.32 Å². The highest BCUT2D eigenvalue weighted by Gasteiger charge is 2.17. The van der Waals surface area contributed by atoms with E-state index in [0.717, 1.165) is 22.3 Å². The summed E-state index contributed by atoms with van der Waals surface area (Å²) in [5.74, 6) is -0.193. The highest BCUT2D eigenvalue weighted by Crippen LogP contribution is 2.24. The second-order valence-corrected chi connectivity index (χ2v) is 5.79. The van der Waals surface area contributed by atoms with Gasteiger partial charge in [-0.3, -0.25) is 14.5 Å². The van der Waals surface area contributed by atoms with Gasteiger partial charge in [0.25, 0.3) is 5.91 Å². The maximum absolute atomic E-state index is 12.6. The summed E-state index contributed by atoms with van der Waals surface area (Å²) in [4.78, 5) is 17.1. The van der Waals surface area contributed by atoms with Gasteiger partial charge < -0.3 is 5.32 Å². The predicted molar refractivity (Wildman–Crippen MR) is 90.0 cm³/mol. The molecule has 0 unspecified atom stereocenters. The number of aryl methyl sites for hydroxylation is 2. The molecule has 2 heterocycles. The van der Waals surface area contributed by atoms with Gasteiger partial charge in [0, 0.05) is 17.6 Å². The van der Waals surface area contributed by atoms with Crippen LogP contribution in [-0.2, 0) is 6.54 Å². The van der Waals surface area contributed by atoms with Crippen molar-refractivity contribution in [2.45, 2.75) is 20.4 Å². The van der Waals surface area contributed by atoms with E-state index >= 15 is 0 Å². The molecule has 0 aliphatic heterocycles. The van der Waals surface area contributed by atoms with Crippen LogP contribution in [-0.4, -0.2) is 20.7 Å². The van der Waals surface area contributed by atoms with E-state index in [1.54, 1.807) is 10.9 Å². The summed E-state index contributed by atoms with van der Waals surface area (Å²) < 4.78 is 2.34. The number of nitrogens with zero attached hydrogens (tertiary/aromatic N) is 3. The number of anilines is 1. The molecule has 1 aromatic carbocycles. The zero-order chi connectivity index (χ0) is 15.7. The van der Waals surface area contributed by atoms with Crippen LogP contribution in [0, 0.1) is 6.92 Å². The van der Waals surface area contributed by atoms with Crippen LogP contribution in [0.2, 0.25) is 0 Å². The SMILES string of the molecule is CCn1ncc(Br)c1C(=O)Nc1cc(C)nc2ccccc12. The van der Waals surface area contributed by atoms with Crippen molar-refractivity contribution >= 4 is 38.4 Å². The molecule has 0 radical (unpaired) electrons. The lowest BCUT2D eigenvalue weighted by atomic mass is 10.1. The molecule has 3 rings (SSSR count). The van der Waals surface area contributed by atoms with Gasteiger partial charge in [-0.1, -0.05) is 18.2 Å². The Balaban J connectivity index is 2.03. The number of pyridine rings is 1. The number of para-hydroxylation sites is 1. The largest absolute Gasteiger partial charge is 0.320 e. The zero-order valence-corrected chi connectivity index (χ0v) is 13.9. The van der Waals surface area contributed by atoms with Gasteiger partial charge in [0.15, 0.2) is 0 Å². The summed E-state index contributed by atoms with van der Waals surface area (Å²) in [6.45, 7) is 4.49. The van der Waals surface area contributed by atoms with E-state index in [2.05, 4.69) is 31.3 Å². The third kappa shape index (κ3) is 2.62. The Morgan fingerprint density at radius 3 is 2.91 bits per heavy atom. The molecule has 22 heavy (non-hydrogen) atoms. The predicted octanol–water partition coefficient (Wildman–Crippen LogP) is 3.77. The number of hydrogen-bond donors (Lipinski definition) is 1. The highest BCUT2D eigenvalue weighted by molar-refractivity contribution is 9.10. The average Bonchev–Trinajstić information content (AvgIpc) is 2.88. The number of halogens is 1. The van der Waals surface area contributed by atoms with Crippen LogP contribution in [0.3, 0.4) is 0 Å². The summed E-state index contributed by atoms with van der Waals surface area (Å²) in [5.41, 5.74) is 2.99. The van der Waals surface area contributed by atoms with Crippen molar-refractivity contribution in [2.24, 2.45) is 0 Å². The fraction of sp³-hybridized carbons (Fsp3) is 0.188. The molecule has 0 saturated heterocycles. The molecule has 0 atom stereocenters. The van der Waals surface area contributed by atoms with Crippen molar-refractivity contribution in [1.82, 2.24) is 14.8 Å². The quantitative estimate of drug-likeness (QED) is 0.774. The molecular formula is C16H15BrN4O. The minimum absolute atomic E-state index is 0.193. The van der Waals surface area contributed by atoms with Gasteiger partial charge >= 0.3 is 0 Å². The van der Waals surface area contributed by atoms with Gasteiger partial charge in [0.2, 0.25) is 0 Å². The number of benzene rings is 1. The van der Waals surface area contributed by atoms with Gasteiger partial charge in [-0.2, -0.15) is 5.10 Å². The van der Waals surface area contributed by atoms with Crippen molar-refractivity contribution in [1.29, 1.82) is 0 Å². The van der Waals surface area contributed by atoms with E-state index < -0.39 is 0 Å². The summed E-state index contributed by atoms with van der Waals surface area (Å²) in [7, 11) is 0. The normalized spacial score (nSPS) is 10.9. The smallest absolute Gasteiger partial charge is 0.275 e. The summed E-state index contributed by atoms with van der Waals surface area (Å²) in [5, 5.41) is 8.06. The van der Waals surface area contributed by atoms with Crippen LogP contribution in [0.15, 0.2) is 41.0 Å². The van der Waals surface area contributed by atoms with E-state index in [1.807, 2.05) is 44.2 Å². The molecule has 1 N–H and O–H groups in total. The molecule has 5 nitrogen and oxygen atoms in total. The van der Waals surface area contributed by atoms with E-state index in [0.29, 0.717) is 16.7 Å². The average molecular weight is 359 g/mol. The zero-order valence-electron chi connectivity index (χ0n) is 12.3. The summed E-state index contributed by atoms with van der Waals surface area (Å²) in [6, 6.07) is 9.62. The van der Waals surface area contributed by atoms with Gasteiger partial charge in [-0.25, -0.2) is 0 Å². The first kappa shape index (κ1) is 14.7. The Bertz CT molecular complexity index is 856. The number of amides is 1. The van der Waals surface area contributed by atoms with Crippen LogP contribution < -0.4 is 5.32 Å². The van der Waals surface area contributed by atoms with Crippen molar-refractivity contribution in [3.05, 3.63) is 52.4 Å². The van der Waals surface area contributed by atoms with E-state index in [-0.39, 0.29) is 5.91 Å². The fourth-order valence-corrected chi connectivity index (χ4v) is 2.90. The standard InChI is InChI=1S/C16H15BrN4O/c1-3-21-15(12(17)9-18-21)16(22)20-14-8-10(2)19-13-7-5-4-6-11(13)14/h4-9H,3H2,1-2H3,(H,19,20,22). The van der Waals surface area contributed by atoms with Gasteiger partial charge in [-0.15, -0.1) is 0 Å². The Labute approximate surface area is 136 Å². The van der Waals surface area contributed by atoms with Crippen molar-refractivity contribution < 1.29 is 4.79 Å². The maximum Gasteiger partial charge on any atom is 0.275 e. The molecular weight excluding hydrogens is 344 g/mol. The summed E-state index contributed by atoms with van der Waals surface area (Å²) in [6.07, 6.45) is 1.63.